The van der Waals surface area contributed by atoms with E-state index in [0.29, 0.717) is 31.5 Å². The molecule has 0 N–H and O–H groups in total. The average Bonchev–Trinajstić information content (AvgIpc) is 2.59. The minimum absolute atomic E-state index is 0.141. The summed E-state index contributed by atoms with van der Waals surface area (Å²) >= 11 is 3.31. The van der Waals surface area contributed by atoms with Crippen LogP contribution in [0.1, 0.15) is 23.2 Å². The van der Waals surface area contributed by atoms with Gasteiger partial charge in [0, 0.05) is 29.2 Å². The fourth-order valence-electron chi connectivity index (χ4n) is 2.47. The van der Waals surface area contributed by atoms with Crippen molar-refractivity contribution >= 4 is 33.6 Å². The highest BCUT2D eigenvalue weighted by atomic mass is 79.9. The van der Waals surface area contributed by atoms with Crippen LogP contribution in [0, 0.1) is 5.92 Å². The molecule has 23 heavy (non-hydrogen) atoms. The number of methoxy groups -OCH3 is 1. The van der Waals surface area contributed by atoms with Gasteiger partial charge in [-0.15, -0.1) is 0 Å². The lowest BCUT2D eigenvalue weighted by Crippen LogP contribution is -2.39. The van der Waals surface area contributed by atoms with Crippen LogP contribution in [-0.4, -0.2) is 42.8 Å². The molecule has 1 amide bonds. The smallest absolute Gasteiger partial charge is 0.308 e. The van der Waals surface area contributed by atoms with Crippen LogP contribution in [0.2, 0.25) is 0 Å². The number of allylic oxidation sites excluding steroid dienone is 1. The van der Waals surface area contributed by atoms with Crippen molar-refractivity contribution in [3.63, 3.8) is 0 Å². The van der Waals surface area contributed by atoms with Gasteiger partial charge < -0.3 is 9.64 Å². The number of esters is 1. The maximum Gasteiger partial charge on any atom is 0.308 e. The minimum atomic E-state index is -0.224. The number of carbonyl (C=O) groups is 3. The number of likely N-dealkylation sites (tertiary alicyclic amines) is 1. The Balaban J connectivity index is 1.88. The summed E-state index contributed by atoms with van der Waals surface area (Å²) in [5.74, 6) is -0.787. The molecular weight excluding hydrogens is 362 g/mol. The molecule has 1 aromatic carbocycles. The molecule has 1 aliphatic heterocycles. The van der Waals surface area contributed by atoms with Gasteiger partial charge in [-0.25, -0.2) is 0 Å². The summed E-state index contributed by atoms with van der Waals surface area (Å²) in [6, 6.07) is 6.95. The Bertz CT molecular complexity index is 616. The van der Waals surface area contributed by atoms with Gasteiger partial charge in [-0.3, -0.25) is 14.4 Å². The van der Waals surface area contributed by atoms with E-state index in [9.17, 15) is 14.4 Å². The van der Waals surface area contributed by atoms with Crippen molar-refractivity contribution in [2.45, 2.75) is 12.8 Å². The third-order valence-electron chi connectivity index (χ3n) is 3.85. The summed E-state index contributed by atoms with van der Waals surface area (Å²) in [6.07, 6.45) is 3.76. The van der Waals surface area contributed by atoms with E-state index in [1.807, 2.05) is 0 Å². The van der Waals surface area contributed by atoms with Crippen LogP contribution in [0.25, 0.3) is 0 Å². The van der Waals surface area contributed by atoms with Crippen molar-refractivity contribution in [2.24, 2.45) is 5.92 Å². The SMILES string of the molecule is COC(=O)C1CCN(C(=O)/C=C/C(=O)c2ccc(Br)cc2)CC1. The maximum absolute atomic E-state index is 12.1. The molecule has 0 saturated carbocycles. The molecule has 0 aliphatic carbocycles. The molecule has 1 fully saturated rings. The van der Waals surface area contributed by atoms with Crippen molar-refractivity contribution in [1.82, 2.24) is 4.90 Å². The van der Waals surface area contributed by atoms with Crippen LogP contribution in [0.15, 0.2) is 40.9 Å². The molecule has 0 unspecified atom stereocenters. The van der Waals surface area contributed by atoms with Crippen molar-refractivity contribution in [1.29, 1.82) is 0 Å². The van der Waals surface area contributed by atoms with Crippen LogP contribution in [-0.2, 0) is 14.3 Å². The van der Waals surface area contributed by atoms with E-state index < -0.39 is 0 Å². The summed E-state index contributed by atoms with van der Waals surface area (Å²) in [6.45, 7) is 0.991. The number of hydrogen-bond donors (Lipinski definition) is 0. The van der Waals surface area contributed by atoms with E-state index in [-0.39, 0.29) is 23.6 Å². The van der Waals surface area contributed by atoms with Gasteiger partial charge in [0.25, 0.3) is 0 Å². The van der Waals surface area contributed by atoms with E-state index in [1.54, 1.807) is 29.2 Å². The highest BCUT2D eigenvalue weighted by molar-refractivity contribution is 9.10. The molecule has 0 aromatic heterocycles. The number of ether oxygens (including phenoxy) is 1. The highest BCUT2D eigenvalue weighted by Gasteiger charge is 2.27. The fourth-order valence-corrected chi connectivity index (χ4v) is 2.73. The van der Waals surface area contributed by atoms with Crippen molar-refractivity contribution in [3.8, 4) is 0 Å². The quantitative estimate of drug-likeness (QED) is 0.458. The van der Waals surface area contributed by atoms with Gasteiger partial charge in [-0.05, 0) is 43.2 Å². The van der Waals surface area contributed by atoms with E-state index in [1.165, 1.54) is 19.3 Å². The molecule has 5 nitrogen and oxygen atoms in total. The highest BCUT2D eigenvalue weighted by Crippen LogP contribution is 2.18. The number of halogens is 1. The van der Waals surface area contributed by atoms with E-state index in [0.717, 1.165) is 4.47 Å². The Morgan fingerprint density at radius 3 is 2.30 bits per heavy atom. The Kier molecular flexibility index (Phi) is 6.10. The number of benzene rings is 1. The van der Waals surface area contributed by atoms with Crippen LogP contribution >= 0.6 is 15.9 Å². The van der Waals surface area contributed by atoms with Crippen molar-refractivity contribution in [3.05, 3.63) is 46.5 Å². The van der Waals surface area contributed by atoms with Crippen molar-refractivity contribution in [2.75, 3.05) is 20.2 Å². The number of piperidine rings is 1. The summed E-state index contributed by atoms with van der Waals surface area (Å²) in [7, 11) is 1.37. The van der Waals surface area contributed by atoms with Gasteiger partial charge in [-0.1, -0.05) is 15.9 Å². The molecule has 1 aromatic rings. The predicted octanol–water partition coefficient (Wildman–Crippen LogP) is 2.60. The van der Waals surface area contributed by atoms with Gasteiger partial charge in [0.2, 0.25) is 5.91 Å². The Morgan fingerprint density at radius 2 is 1.74 bits per heavy atom. The van der Waals surface area contributed by atoms with Gasteiger partial charge in [0.1, 0.15) is 0 Å². The molecule has 1 aliphatic rings. The summed E-state index contributed by atoms with van der Waals surface area (Å²) in [4.78, 5) is 37.2. The van der Waals surface area contributed by atoms with Gasteiger partial charge in [-0.2, -0.15) is 0 Å². The fraction of sp³-hybridized carbons (Fsp3) is 0.353. The monoisotopic (exact) mass is 379 g/mol. The van der Waals surface area contributed by atoms with Crippen LogP contribution in [0.4, 0.5) is 0 Å². The zero-order valence-corrected chi connectivity index (χ0v) is 14.4. The largest absolute Gasteiger partial charge is 0.469 e. The number of hydrogen-bond acceptors (Lipinski definition) is 4. The lowest BCUT2D eigenvalue weighted by atomic mass is 9.97. The predicted molar refractivity (Wildman–Crippen MR) is 88.9 cm³/mol. The molecule has 0 atom stereocenters. The maximum atomic E-state index is 12.1. The third-order valence-corrected chi connectivity index (χ3v) is 4.38. The second-order valence-corrected chi connectivity index (χ2v) is 6.24. The first kappa shape index (κ1) is 17.4. The van der Waals surface area contributed by atoms with Crippen LogP contribution < -0.4 is 0 Å². The first-order chi connectivity index (χ1) is 11.0. The van der Waals surface area contributed by atoms with Gasteiger partial charge in [0.15, 0.2) is 5.78 Å². The second kappa shape index (κ2) is 8.06. The molecule has 0 spiro atoms. The van der Waals surface area contributed by atoms with Crippen molar-refractivity contribution < 1.29 is 19.1 Å². The van der Waals surface area contributed by atoms with E-state index in [2.05, 4.69) is 15.9 Å². The van der Waals surface area contributed by atoms with Gasteiger partial charge in [0.05, 0.1) is 13.0 Å². The summed E-state index contributed by atoms with van der Waals surface area (Å²) in [5.41, 5.74) is 0.529. The van der Waals surface area contributed by atoms with E-state index >= 15 is 0 Å². The minimum Gasteiger partial charge on any atom is -0.469 e. The number of rotatable bonds is 4. The van der Waals surface area contributed by atoms with E-state index in [4.69, 9.17) is 4.74 Å². The third kappa shape index (κ3) is 4.76. The molecular formula is C17H18BrNO4. The Hall–Kier alpha value is -1.95. The number of carbonyl (C=O) groups excluding carboxylic acids is 3. The zero-order valence-electron chi connectivity index (χ0n) is 12.8. The lowest BCUT2D eigenvalue weighted by molar-refractivity contribution is -0.148. The number of nitrogens with zero attached hydrogens (tertiary/aromatic N) is 1. The first-order valence-corrected chi connectivity index (χ1v) is 8.15. The molecule has 0 bridgehead atoms. The number of ketones is 1. The molecule has 122 valence electrons. The molecule has 2 rings (SSSR count). The topological polar surface area (TPSA) is 63.7 Å². The Labute approximate surface area is 143 Å². The lowest BCUT2D eigenvalue weighted by Gasteiger charge is -2.29. The number of amides is 1. The average molecular weight is 380 g/mol. The molecule has 6 heteroatoms. The summed E-state index contributed by atoms with van der Waals surface area (Å²) in [5, 5.41) is 0. The molecule has 1 heterocycles. The van der Waals surface area contributed by atoms with Crippen LogP contribution in [0.3, 0.4) is 0 Å². The Morgan fingerprint density at radius 1 is 1.13 bits per heavy atom. The second-order valence-electron chi connectivity index (χ2n) is 5.33. The van der Waals surface area contributed by atoms with Gasteiger partial charge >= 0.3 is 5.97 Å². The normalized spacial score (nSPS) is 15.7. The first-order valence-electron chi connectivity index (χ1n) is 7.36. The molecule has 1 saturated heterocycles. The van der Waals surface area contributed by atoms with Crippen LogP contribution in [0.5, 0.6) is 0 Å². The summed E-state index contributed by atoms with van der Waals surface area (Å²) < 4.78 is 5.61. The standard InChI is InChI=1S/C17H18BrNO4/c1-23-17(22)13-8-10-19(11-9-13)16(21)7-6-15(20)12-2-4-14(18)5-3-12/h2-7,13H,8-11H2,1H3/b7-6+. The molecule has 0 radical (unpaired) electrons. The zero-order chi connectivity index (χ0) is 16.8.